The van der Waals surface area contributed by atoms with E-state index < -0.39 is 12.0 Å². The predicted octanol–water partition coefficient (Wildman–Crippen LogP) is 7.60. The van der Waals surface area contributed by atoms with Gasteiger partial charge in [-0.3, -0.25) is 0 Å². The first-order valence-electron chi connectivity index (χ1n) is 13.7. The van der Waals surface area contributed by atoms with Crippen molar-refractivity contribution in [1.29, 1.82) is 0 Å². The van der Waals surface area contributed by atoms with Crippen LogP contribution in [0.1, 0.15) is 36.6 Å². The summed E-state index contributed by atoms with van der Waals surface area (Å²) in [5.74, 6) is -0.0285. The summed E-state index contributed by atoms with van der Waals surface area (Å²) in [7, 11) is 3.19. The molecule has 0 bridgehead atoms. The van der Waals surface area contributed by atoms with Gasteiger partial charge in [0.25, 0.3) is 0 Å². The smallest absolute Gasteiger partial charge is 0.338 e. The number of para-hydroxylation sites is 2. The summed E-state index contributed by atoms with van der Waals surface area (Å²) >= 11 is 0. The minimum atomic E-state index is -0.725. The number of hydrogen-bond donors (Lipinski definition) is 1. The molecule has 1 aliphatic rings. The summed E-state index contributed by atoms with van der Waals surface area (Å²) in [6.45, 7) is 1.92. The van der Waals surface area contributed by atoms with Crippen molar-refractivity contribution >= 4 is 17.3 Å². The lowest BCUT2D eigenvalue weighted by Gasteiger charge is -2.46. The van der Waals surface area contributed by atoms with Crippen LogP contribution in [0.25, 0.3) is 0 Å². The molecular formula is C34H32F2N2O4. The SMILES string of the molecule is CCOC(=O)C1=C(Nc2ccc(F)cc2)CC(c2ccccc2OC)N(c2ccc(F)cc2)C1c1ccccc1OC. The zero-order chi connectivity index (χ0) is 29.6. The number of carbonyl (C=O) groups is 1. The maximum Gasteiger partial charge on any atom is 0.338 e. The van der Waals surface area contributed by atoms with Crippen LogP contribution in [0.2, 0.25) is 0 Å². The van der Waals surface area contributed by atoms with Crippen LogP contribution in [0, 0.1) is 11.6 Å². The highest BCUT2D eigenvalue weighted by molar-refractivity contribution is 5.93. The van der Waals surface area contributed by atoms with Crippen LogP contribution < -0.4 is 19.7 Å². The van der Waals surface area contributed by atoms with Crippen molar-refractivity contribution in [3.63, 3.8) is 0 Å². The van der Waals surface area contributed by atoms with Crippen LogP contribution in [0.5, 0.6) is 11.5 Å². The van der Waals surface area contributed by atoms with Crippen LogP contribution in [0.4, 0.5) is 20.2 Å². The number of ether oxygens (including phenoxy) is 3. The number of esters is 1. The van der Waals surface area contributed by atoms with E-state index in [1.165, 1.54) is 24.3 Å². The van der Waals surface area contributed by atoms with Gasteiger partial charge in [-0.25, -0.2) is 13.6 Å². The van der Waals surface area contributed by atoms with Gasteiger partial charge in [0.1, 0.15) is 23.1 Å². The third-order valence-electron chi connectivity index (χ3n) is 7.30. The second kappa shape index (κ2) is 12.8. The molecule has 0 radical (unpaired) electrons. The fourth-order valence-electron chi connectivity index (χ4n) is 5.50. The minimum absolute atomic E-state index is 0.164. The van der Waals surface area contributed by atoms with Crippen molar-refractivity contribution in [2.75, 3.05) is 31.0 Å². The lowest BCUT2D eigenvalue weighted by molar-refractivity contribution is -0.139. The Morgan fingerprint density at radius 3 is 1.95 bits per heavy atom. The number of rotatable bonds is 9. The Kier molecular flexibility index (Phi) is 8.71. The molecule has 0 amide bonds. The standard InChI is InChI=1S/C34H32F2N2O4/c1-4-42-34(39)32-28(37-24-17-13-22(35)14-18-24)21-29(26-9-5-7-11-30(26)40-2)38(25-19-15-23(36)16-20-25)33(32)27-10-6-8-12-31(27)41-3/h5-20,29,33,37H,4,21H2,1-3H3. The Balaban J connectivity index is 1.83. The molecule has 0 aliphatic carbocycles. The van der Waals surface area contributed by atoms with E-state index in [2.05, 4.69) is 10.2 Å². The van der Waals surface area contributed by atoms with Gasteiger partial charge in [-0.1, -0.05) is 36.4 Å². The van der Waals surface area contributed by atoms with Gasteiger partial charge in [-0.05, 0) is 67.6 Å². The van der Waals surface area contributed by atoms with Crippen molar-refractivity contribution in [2.45, 2.75) is 25.4 Å². The fourth-order valence-corrected chi connectivity index (χ4v) is 5.50. The maximum absolute atomic E-state index is 14.2. The predicted molar refractivity (Wildman–Crippen MR) is 159 cm³/mol. The maximum atomic E-state index is 14.2. The van der Waals surface area contributed by atoms with E-state index in [0.29, 0.717) is 46.1 Å². The molecule has 2 unspecified atom stereocenters. The van der Waals surface area contributed by atoms with E-state index in [0.717, 1.165) is 5.56 Å². The van der Waals surface area contributed by atoms with Gasteiger partial charge in [-0.2, -0.15) is 0 Å². The number of nitrogens with zero attached hydrogens (tertiary/aromatic N) is 1. The summed E-state index contributed by atoms with van der Waals surface area (Å²) < 4.78 is 45.2. The molecule has 1 aliphatic heterocycles. The summed E-state index contributed by atoms with van der Waals surface area (Å²) in [5, 5.41) is 3.40. The highest BCUT2D eigenvalue weighted by Crippen LogP contribution is 2.51. The number of nitrogens with one attached hydrogen (secondary N) is 1. The molecule has 0 saturated heterocycles. The molecular weight excluding hydrogens is 538 g/mol. The van der Waals surface area contributed by atoms with Gasteiger partial charge in [0, 0.05) is 34.6 Å². The largest absolute Gasteiger partial charge is 0.496 e. The second-order valence-corrected chi connectivity index (χ2v) is 9.73. The first kappa shape index (κ1) is 28.7. The molecule has 4 aromatic rings. The summed E-state index contributed by atoms with van der Waals surface area (Å²) in [6.07, 6.45) is 0.328. The third-order valence-corrected chi connectivity index (χ3v) is 7.30. The molecule has 6 nitrogen and oxygen atoms in total. The quantitative estimate of drug-likeness (QED) is 0.209. The molecule has 216 valence electrons. The molecule has 0 fully saturated rings. The zero-order valence-electron chi connectivity index (χ0n) is 23.6. The number of methoxy groups -OCH3 is 2. The first-order chi connectivity index (χ1) is 20.4. The fraction of sp³-hybridized carbons (Fsp3) is 0.206. The normalized spacial score (nSPS) is 16.6. The Hall–Kier alpha value is -4.85. The molecule has 2 atom stereocenters. The third kappa shape index (κ3) is 5.79. The van der Waals surface area contributed by atoms with Crippen LogP contribution in [-0.2, 0) is 9.53 Å². The van der Waals surface area contributed by atoms with Crippen LogP contribution in [-0.4, -0.2) is 26.8 Å². The lowest BCUT2D eigenvalue weighted by Crippen LogP contribution is -2.42. The van der Waals surface area contributed by atoms with Crippen molar-refractivity contribution in [2.24, 2.45) is 0 Å². The molecule has 0 aromatic heterocycles. The average molecular weight is 571 g/mol. The number of carbonyl (C=O) groups excluding carboxylic acids is 1. The van der Waals surface area contributed by atoms with Crippen LogP contribution in [0.15, 0.2) is 108 Å². The monoisotopic (exact) mass is 570 g/mol. The zero-order valence-corrected chi connectivity index (χ0v) is 23.6. The molecule has 0 spiro atoms. The molecule has 1 heterocycles. The molecule has 4 aromatic carbocycles. The number of benzene rings is 4. The Morgan fingerprint density at radius 2 is 1.36 bits per heavy atom. The highest BCUT2D eigenvalue weighted by atomic mass is 19.1. The Morgan fingerprint density at radius 1 is 0.810 bits per heavy atom. The molecule has 42 heavy (non-hydrogen) atoms. The summed E-state index contributed by atoms with van der Waals surface area (Å²) in [4.78, 5) is 16.0. The van der Waals surface area contributed by atoms with E-state index in [4.69, 9.17) is 14.2 Å². The first-order valence-corrected chi connectivity index (χ1v) is 13.7. The molecule has 5 rings (SSSR count). The van der Waals surface area contributed by atoms with Gasteiger partial charge >= 0.3 is 5.97 Å². The molecule has 0 saturated carbocycles. The number of anilines is 2. The Labute approximate surface area is 244 Å². The van der Waals surface area contributed by atoms with Gasteiger partial charge < -0.3 is 24.4 Å². The second-order valence-electron chi connectivity index (χ2n) is 9.73. The van der Waals surface area contributed by atoms with Crippen LogP contribution in [0.3, 0.4) is 0 Å². The van der Waals surface area contributed by atoms with Crippen LogP contribution >= 0.6 is 0 Å². The summed E-state index contributed by atoms with van der Waals surface area (Å²) in [6, 6.07) is 26.2. The van der Waals surface area contributed by atoms with Crippen molar-refractivity contribution in [1.82, 2.24) is 0 Å². The summed E-state index contributed by atoms with van der Waals surface area (Å²) in [5.41, 5.74) is 3.84. The van der Waals surface area contributed by atoms with Crippen molar-refractivity contribution in [3.8, 4) is 11.5 Å². The molecule has 1 N–H and O–H groups in total. The van der Waals surface area contributed by atoms with E-state index >= 15 is 0 Å². The number of halogens is 2. The average Bonchev–Trinajstić information content (AvgIpc) is 3.02. The minimum Gasteiger partial charge on any atom is -0.496 e. The molecule has 8 heteroatoms. The van der Waals surface area contributed by atoms with Crippen molar-refractivity contribution in [3.05, 3.63) is 131 Å². The van der Waals surface area contributed by atoms with E-state index in [-0.39, 0.29) is 24.3 Å². The number of hydrogen-bond acceptors (Lipinski definition) is 6. The van der Waals surface area contributed by atoms with Gasteiger partial charge in [-0.15, -0.1) is 0 Å². The van der Waals surface area contributed by atoms with Crippen molar-refractivity contribution < 1.29 is 27.8 Å². The van der Waals surface area contributed by atoms with Gasteiger partial charge in [0.05, 0.1) is 38.5 Å². The lowest BCUT2D eigenvalue weighted by atomic mass is 9.83. The van der Waals surface area contributed by atoms with E-state index in [1.54, 1.807) is 45.4 Å². The van der Waals surface area contributed by atoms with Gasteiger partial charge in [0.2, 0.25) is 0 Å². The van der Waals surface area contributed by atoms with Gasteiger partial charge in [0.15, 0.2) is 0 Å². The van der Waals surface area contributed by atoms with E-state index in [9.17, 15) is 13.6 Å². The van der Waals surface area contributed by atoms with E-state index in [1.807, 2.05) is 48.5 Å². The highest BCUT2D eigenvalue weighted by Gasteiger charge is 2.43. The topological polar surface area (TPSA) is 60.0 Å². The Bertz CT molecular complexity index is 1570.